The van der Waals surface area contributed by atoms with Crippen molar-refractivity contribution in [1.29, 1.82) is 0 Å². The van der Waals surface area contributed by atoms with Crippen LogP contribution in [0.2, 0.25) is 0 Å². The number of urea groups is 1. The Kier molecular flexibility index (Phi) is 7.15. The number of carbonyl (C=O) groups excluding carboxylic acids is 1. The van der Waals surface area contributed by atoms with E-state index < -0.39 is 6.03 Å². The first-order valence-electron chi connectivity index (χ1n) is 8.96. The van der Waals surface area contributed by atoms with Gasteiger partial charge in [0.15, 0.2) is 23.0 Å². The van der Waals surface area contributed by atoms with Crippen LogP contribution in [0, 0.1) is 0 Å². The highest BCUT2D eigenvalue weighted by atomic mass is 32.1. The predicted octanol–water partition coefficient (Wildman–Crippen LogP) is 3.08. The van der Waals surface area contributed by atoms with Crippen molar-refractivity contribution < 1.29 is 23.7 Å². The van der Waals surface area contributed by atoms with Crippen molar-refractivity contribution in [3.05, 3.63) is 30.5 Å². The first-order valence-corrected chi connectivity index (χ1v) is 9.36. The molecule has 0 saturated heterocycles. The number of benzene rings is 1. The lowest BCUT2D eigenvalue weighted by Crippen LogP contribution is -2.29. The zero-order chi connectivity index (χ0) is 22.4. The van der Waals surface area contributed by atoms with Crippen LogP contribution in [0.4, 0.5) is 22.1 Å². The highest BCUT2D eigenvalue weighted by molar-refractivity contribution is 7.78. The van der Waals surface area contributed by atoms with Gasteiger partial charge in [0.05, 0.1) is 27.5 Å². The molecule has 164 valence electrons. The molecule has 0 radical (unpaired) electrons. The average molecular weight is 446 g/mol. The molecule has 2 N–H and O–H groups in total. The Morgan fingerprint density at radius 3 is 2.32 bits per heavy atom. The lowest BCUT2D eigenvalue weighted by Gasteiger charge is -2.15. The maximum Gasteiger partial charge on any atom is 0.334 e. The Balaban J connectivity index is 1.86. The number of carbonyl (C=O) groups is 1. The van der Waals surface area contributed by atoms with Gasteiger partial charge in [-0.1, -0.05) is 12.8 Å². The summed E-state index contributed by atoms with van der Waals surface area (Å²) >= 11 is 4.03. The second-order valence-corrected chi connectivity index (χ2v) is 6.56. The Morgan fingerprint density at radius 2 is 1.71 bits per heavy atom. The largest absolute Gasteiger partial charge is 0.493 e. The molecule has 2 aromatic heterocycles. The smallest absolute Gasteiger partial charge is 0.334 e. The second kappa shape index (κ2) is 10.00. The number of fused-ring (bicyclic) bond motifs is 1. The molecule has 12 heteroatoms. The van der Waals surface area contributed by atoms with Gasteiger partial charge in [-0.2, -0.15) is 0 Å². The summed E-state index contributed by atoms with van der Waals surface area (Å²) in [5, 5.41) is 5.75. The van der Waals surface area contributed by atoms with Gasteiger partial charge in [0.2, 0.25) is 5.75 Å². The molecule has 1 aromatic carbocycles. The molecule has 2 amide bonds. The lowest BCUT2D eigenvalue weighted by atomic mass is 10.2. The van der Waals surface area contributed by atoms with Crippen molar-refractivity contribution in [3.63, 3.8) is 0 Å². The minimum absolute atomic E-state index is 0.0190. The van der Waals surface area contributed by atoms with Crippen LogP contribution >= 0.6 is 12.8 Å². The minimum atomic E-state index is -0.489. The van der Waals surface area contributed by atoms with Gasteiger partial charge in [-0.25, -0.2) is 24.1 Å². The van der Waals surface area contributed by atoms with Gasteiger partial charge in [0.25, 0.3) is 0 Å². The van der Waals surface area contributed by atoms with Gasteiger partial charge in [-0.15, -0.1) is 0 Å². The second-order valence-electron chi connectivity index (χ2n) is 6.08. The van der Waals surface area contributed by atoms with E-state index in [1.165, 1.54) is 28.4 Å². The standard InChI is InChI=1S/C19H22N6O5S/c1-27-10-25(31)19(26)24-15-6-5-12-18(22-15)23-16(9-20-12)21-11-7-13(28-2)17(30-4)14(8-11)29-3/h5-9,31H,10H2,1-4H3,(H2,21,22,23,24,26). The molecule has 0 spiro atoms. The number of rotatable bonds is 8. The number of hydrogen-bond donors (Lipinski definition) is 3. The van der Waals surface area contributed by atoms with Gasteiger partial charge in [0.1, 0.15) is 18.1 Å². The molecule has 2 heterocycles. The summed E-state index contributed by atoms with van der Waals surface area (Å²) in [4.78, 5) is 25.2. The number of ether oxygens (including phenoxy) is 4. The fourth-order valence-electron chi connectivity index (χ4n) is 2.68. The maximum absolute atomic E-state index is 12.1. The molecule has 11 nitrogen and oxygen atoms in total. The van der Waals surface area contributed by atoms with E-state index in [9.17, 15) is 4.79 Å². The van der Waals surface area contributed by atoms with E-state index in [4.69, 9.17) is 18.9 Å². The maximum atomic E-state index is 12.1. The van der Waals surface area contributed by atoms with Crippen LogP contribution < -0.4 is 24.8 Å². The van der Waals surface area contributed by atoms with Crippen LogP contribution in [0.15, 0.2) is 30.5 Å². The number of methoxy groups -OCH3 is 4. The summed E-state index contributed by atoms with van der Waals surface area (Å²) in [5.41, 5.74) is 1.55. The molecule has 3 aromatic rings. The molecule has 0 atom stereocenters. The van der Waals surface area contributed by atoms with Crippen molar-refractivity contribution in [2.45, 2.75) is 0 Å². The third-order valence-electron chi connectivity index (χ3n) is 4.06. The summed E-state index contributed by atoms with van der Waals surface area (Å²) < 4.78 is 22.0. The Labute approximate surface area is 184 Å². The predicted molar refractivity (Wildman–Crippen MR) is 118 cm³/mol. The Hall–Kier alpha value is -3.51. The fraction of sp³-hybridized carbons (Fsp3) is 0.263. The van der Waals surface area contributed by atoms with Gasteiger partial charge in [-0.3, -0.25) is 5.32 Å². The van der Waals surface area contributed by atoms with E-state index >= 15 is 0 Å². The van der Waals surface area contributed by atoms with E-state index in [0.29, 0.717) is 45.7 Å². The Bertz CT molecular complexity index is 1060. The summed E-state index contributed by atoms with van der Waals surface area (Å²) in [6, 6.07) is 6.32. The third kappa shape index (κ3) is 5.16. The molecule has 0 bridgehead atoms. The number of hydrogen-bond acceptors (Lipinski definition) is 10. The van der Waals surface area contributed by atoms with Gasteiger partial charge < -0.3 is 24.3 Å². The van der Waals surface area contributed by atoms with Gasteiger partial charge in [0, 0.05) is 24.9 Å². The van der Waals surface area contributed by atoms with E-state index in [1.54, 1.807) is 30.5 Å². The summed E-state index contributed by atoms with van der Waals surface area (Å²) in [5.74, 6) is 2.20. The number of anilines is 3. The number of aromatic nitrogens is 3. The highest BCUT2D eigenvalue weighted by Crippen LogP contribution is 2.40. The molecule has 0 saturated carbocycles. The van der Waals surface area contributed by atoms with Gasteiger partial charge in [-0.05, 0) is 12.1 Å². The van der Waals surface area contributed by atoms with E-state index in [2.05, 4.69) is 38.4 Å². The fourth-order valence-corrected chi connectivity index (χ4v) is 2.85. The molecule has 3 rings (SSSR count). The third-order valence-corrected chi connectivity index (χ3v) is 4.36. The number of thiol groups is 1. The van der Waals surface area contributed by atoms with Crippen molar-refractivity contribution in [2.75, 3.05) is 45.8 Å². The van der Waals surface area contributed by atoms with E-state index in [0.717, 1.165) is 4.31 Å². The summed E-state index contributed by atoms with van der Waals surface area (Å²) in [6.45, 7) is 0.0190. The molecule has 31 heavy (non-hydrogen) atoms. The van der Waals surface area contributed by atoms with Crippen molar-refractivity contribution in [2.24, 2.45) is 0 Å². The molecular weight excluding hydrogens is 424 g/mol. The number of nitrogens with zero attached hydrogens (tertiary/aromatic N) is 4. The molecule has 0 unspecified atom stereocenters. The van der Waals surface area contributed by atoms with Crippen LogP contribution in [-0.2, 0) is 4.74 Å². The van der Waals surface area contributed by atoms with Crippen LogP contribution in [0.1, 0.15) is 0 Å². The first-order chi connectivity index (χ1) is 15.0. The summed E-state index contributed by atoms with van der Waals surface area (Å²) in [7, 11) is 6.07. The van der Waals surface area contributed by atoms with Crippen LogP contribution in [0.3, 0.4) is 0 Å². The van der Waals surface area contributed by atoms with Crippen LogP contribution in [0.25, 0.3) is 11.2 Å². The number of pyridine rings is 1. The quantitative estimate of drug-likeness (QED) is 0.354. The van der Waals surface area contributed by atoms with Crippen molar-refractivity contribution in [1.82, 2.24) is 19.3 Å². The normalized spacial score (nSPS) is 10.5. The van der Waals surface area contributed by atoms with Crippen molar-refractivity contribution >= 4 is 47.3 Å². The van der Waals surface area contributed by atoms with Crippen molar-refractivity contribution in [3.8, 4) is 17.2 Å². The average Bonchev–Trinajstić information content (AvgIpc) is 2.78. The van der Waals surface area contributed by atoms with Gasteiger partial charge >= 0.3 is 6.03 Å². The first kappa shape index (κ1) is 22.2. The van der Waals surface area contributed by atoms with E-state index in [-0.39, 0.29) is 6.73 Å². The molecule has 0 aliphatic rings. The van der Waals surface area contributed by atoms with E-state index in [1.807, 2.05) is 0 Å². The molecule has 0 aliphatic heterocycles. The molecule has 0 fully saturated rings. The minimum Gasteiger partial charge on any atom is -0.493 e. The monoisotopic (exact) mass is 446 g/mol. The number of nitrogens with one attached hydrogen (secondary N) is 2. The molecular formula is C19H22N6O5S. The molecule has 0 aliphatic carbocycles. The number of amides is 2. The van der Waals surface area contributed by atoms with Crippen LogP contribution in [-0.4, -0.2) is 60.5 Å². The Morgan fingerprint density at radius 1 is 1.03 bits per heavy atom. The zero-order valence-corrected chi connectivity index (χ0v) is 18.3. The SMILES string of the molecule is COCN(S)C(=O)Nc1ccc2ncc(Nc3cc(OC)c(OC)c(OC)c3)nc2n1. The lowest BCUT2D eigenvalue weighted by molar-refractivity contribution is 0.137. The summed E-state index contributed by atoms with van der Waals surface area (Å²) in [6.07, 6.45) is 1.57. The van der Waals surface area contributed by atoms with Crippen LogP contribution in [0.5, 0.6) is 17.2 Å². The highest BCUT2D eigenvalue weighted by Gasteiger charge is 2.14. The zero-order valence-electron chi connectivity index (χ0n) is 17.4. The topological polar surface area (TPSA) is 120 Å².